The number of rotatable bonds is 3. The van der Waals surface area contributed by atoms with Crippen molar-refractivity contribution >= 4 is 22.6 Å². The summed E-state index contributed by atoms with van der Waals surface area (Å²) >= 11 is 0. The molecule has 2 N–H and O–H groups in total. The van der Waals surface area contributed by atoms with Crippen LogP contribution in [-0.4, -0.2) is 41.0 Å². The van der Waals surface area contributed by atoms with E-state index in [1.165, 1.54) is 4.90 Å². The maximum Gasteiger partial charge on any atom is 0.258 e. The highest BCUT2D eigenvalue weighted by atomic mass is 16.3. The van der Waals surface area contributed by atoms with E-state index < -0.39 is 6.04 Å². The van der Waals surface area contributed by atoms with E-state index in [1.807, 2.05) is 18.2 Å². The number of hydrogen-bond acceptors (Lipinski definition) is 3. The van der Waals surface area contributed by atoms with Crippen LogP contribution in [0.15, 0.2) is 36.4 Å². The van der Waals surface area contributed by atoms with E-state index in [9.17, 15) is 14.7 Å². The minimum atomic E-state index is -0.545. The van der Waals surface area contributed by atoms with Crippen molar-refractivity contribution in [3.8, 4) is 18.1 Å². The van der Waals surface area contributed by atoms with Crippen molar-refractivity contribution in [2.24, 2.45) is 0 Å². The molecule has 24 heavy (non-hydrogen) atoms. The van der Waals surface area contributed by atoms with Crippen LogP contribution in [0.4, 0.5) is 0 Å². The summed E-state index contributed by atoms with van der Waals surface area (Å²) < 4.78 is 0. The lowest BCUT2D eigenvalue weighted by atomic mass is 10.0. The second-order valence-electron chi connectivity index (χ2n) is 5.76. The first-order valence-electron chi connectivity index (χ1n) is 7.86. The lowest BCUT2D eigenvalue weighted by Gasteiger charge is -2.24. The van der Waals surface area contributed by atoms with E-state index in [-0.39, 0.29) is 29.7 Å². The number of hydrogen-bond donors (Lipinski definition) is 2. The predicted octanol–water partition coefficient (Wildman–Crippen LogP) is 1.90. The van der Waals surface area contributed by atoms with Gasteiger partial charge in [0.1, 0.15) is 11.8 Å². The maximum atomic E-state index is 12.8. The maximum absolute atomic E-state index is 12.8. The Bertz CT molecular complexity index is 838. The second-order valence-corrected chi connectivity index (χ2v) is 5.76. The SMILES string of the molecule is C#CCNC(=O)[C@@H]1CCCN1C(=O)c1ccc2ccccc2c1O. The summed E-state index contributed by atoms with van der Waals surface area (Å²) in [5.41, 5.74) is 0.213. The molecule has 0 radical (unpaired) electrons. The number of fused-ring (bicyclic) bond motifs is 1. The fourth-order valence-corrected chi connectivity index (χ4v) is 3.12. The quantitative estimate of drug-likeness (QED) is 0.848. The Morgan fingerprint density at radius 2 is 2.08 bits per heavy atom. The topological polar surface area (TPSA) is 69.6 Å². The van der Waals surface area contributed by atoms with Gasteiger partial charge in [-0.1, -0.05) is 36.3 Å². The van der Waals surface area contributed by atoms with Gasteiger partial charge in [-0.25, -0.2) is 0 Å². The molecule has 5 heteroatoms. The van der Waals surface area contributed by atoms with Crippen LogP contribution < -0.4 is 5.32 Å². The van der Waals surface area contributed by atoms with Crippen LogP contribution in [0, 0.1) is 12.3 Å². The molecule has 0 unspecified atom stereocenters. The number of carbonyl (C=O) groups is 2. The summed E-state index contributed by atoms with van der Waals surface area (Å²) in [6.07, 6.45) is 6.49. The number of amides is 2. The molecule has 1 atom stereocenters. The molecule has 2 aromatic carbocycles. The zero-order chi connectivity index (χ0) is 17.1. The number of phenols is 1. The summed E-state index contributed by atoms with van der Waals surface area (Å²) in [7, 11) is 0. The molecule has 0 saturated carbocycles. The number of aromatic hydroxyl groups is 1. The van der Waals surface area contributed by atoms with Gasteiger partial charge in [-0.15, -0.1) is 6.42 Å². The van der Waals surface area contributed by atoms with E-state index in [4.69, 9.17) is 6.42 Å². The van der Waals surface area contributed by atoms with E-state index >= 15 is 0 Å². The van der Waals surface area contributed by atoms with Crippen LogP contribution >= 0.6 is 0 Å². The Labute approximate surface area is 140 Å². The molecule has 5 nitrogen and oxygen atoms in total. The first kappa shape index (κ1) is 15.9. The molecule has 0 aliphatic carbocycles. The van der Waals surface area contributed by atoms with Gasteiger partial charge in [-0.05, 0) is 24.3 Å². The van der Waals surface area contributed by atoms with E-state index in [2.05, 4.69) is 11.2 Å². The standard InChI is InChI=1S/C19H18N2O3/c1-2-11-20-18(23)16-8-5-12-21(16)19(24)15-10-9-13-6-3-4-7-14(13)17(15)22/h1,3-4,6-7,9-10,16,22H,5,8,11-12H2,(H,20,23)/t16-/m0/s1. The van der Waals surface area contributed by atoms with E-state index in [0.29, 0.717) is 18.4 Å². The van der Waals surface area contributed by atoms with Gasteiger partial charge in [0.05, 0.1) is 12.1 Å². The number of carbonyl (C=O) groups excluding carboxylic acids is 2. The number of terminal acetylenes is 1. The van der Waals surface area contributed by atoms with Gasteiger partial charge in [-0.2, -0.15) is 0 Å². The Balaban J connectivity index is 1.89. The molecular formula is C19H18N2O3. The van der Waals surface area contributed by atoms with Crippen LogP contribution in [0.3, 0.4) is 0 Å². The largest absolute Gasteiger partial charge is 0.506 e. The zero-order valence-corrected chi connectivity index (χ0v) is 13.2. The number of nitrogens with zero attached hydrogens (tertiary/aromatic N) is 1. The van der Waals surface area contributed by atoms with Gasteiger partial charge in [0.25, 0.3) is 5.91 Å². The van der Waals surface area contributed by atoms with Gasteiger partial charge in [0.2, 0.25) is 5.91 Å². The van der Waals surface area contributed by atoms with Crippen LogP contribution in [-0.2, 0) is 4.79 Å². The van der Waals surface area contributed by atoms with E-state index in [1.54, 1.807) is 18.2 Å². The van der Waals surface area contributed by atoms with Gasteiger partial charge in [0.15, 0.2) is 0 Å². The monoisotopic (exact) mass is 322 g/mol. The first-order valence-corrected chi connectivity index (χ1v) is 7.86. The third-order valence-corrected chi connectivity index (χ3v) is 4.31. The average molecular weight is 322 g/mol. The summed E-state index contributed by atoms with van der Waals surface area (Å²) in [4.78, 5) is 26.5. The Morgan fingerprint density at radius 3 is 2.88 bits per heavy atom. The van der Waals surface area contributed by atoms with Gasteiger partial charge in [0, 0.05) is 11.9 Å². The highest BCUT2D eigenvalue weighted by molar-refractivity contribution is 6.05. The fraction of sp³-hybridized carbons (Fsp3) is 0.263. The van der Waals surface area contributed by atoms with Gasteiger partial charge in [-0.3, -0.25) is 9.59 Å². The number of benzene rings is 2. The number of likely N-dealkylation sites (tertiary alicyclic amines) is 1. The summed E-state index contributed by atoms with van der Waals surface area (Å²) in [6, 6.07) is 10.2. The lowest BCUT2D eigenvalue weighted by Crippen LogP contribution is -2.46. The lowest BCUT2D eigenvalue weighted by molar-refractivity contribution is -0.124. The average Bonchev–Trinajstić information content (AvgIpc) is 3.09. The first-order chi connectivity index (χ1) is 11.6. The van der Waals surface area contributed by atoms with Crippen molar-refractivity contribution in [1.82, 2.24) is 10.2 Å². The summed E-state index contributed by atoms with van der Waals surface area (Å²) in [5, 5.41) is 14.6. The van der Waals surface area contributed by atoms with Crippen LogP contribution in [0.25, 0.3) is 10.8 Å². The molecule has 1 aliphatic heterocycles. The Kier molecular flexibility index (Phi) is 4.39. The second kappa shape index (κ2) is 6.63. The third kappa shape index (κ3) is 2.79. The Morgan fingerprint density at radius 1 is 1.29 bits per heavy atom. The molecule has 1 heterocycles. The molecule has 2 amide bonds. The van der Waals surface area contributed by atoms with Crippen molar-refractivity contribution in [1.29, 1.82) is 0 Å². The Hall–Kier alpha value is -3.00. The van der Waals surface area contributed by atoms with Crippen molar-refractivity contribution < 1.29 is 14.7 Å². The molecular weight excluding hydrogens is 304 g/mol. The minimum Gasteiger partial charge on any atom is -0.506 e. The third-order valence-electron chi connectivity index (χ3n) is 4.31. The molecule has 1 fully saturated rings. The van der Waals surface area contributed by atoms with Gasteiger partial charge < -0.3 is 15.3 Å². The highest BCUT2D eigenvalue weighted by Crippen LogP contribution is 2.31. The smallest absolute Gasteiger partial charge is 0.258 e. The molecule has 1 aliphatic rings. The summed E-state index contributed by atoms with van der Waals surface area (Å²) in [6.45, 7) is 0.623. The van der Waals surface area contributed by atoms with Crippen molar-refractivity contribution in [2.45, 2.75) is 18.9 Å². The van der Waals surface area contributed by atoms with Crippen molar-refractivity contribution in [3.63, 3.8) is 0 Å². The highest BCUT2D eigenvalue weighted by Gasteiger charge is 2.35. The zero-order valence-electron chi connectivity index (χ0n) is 13.2. The molecule has 0 bridgehead atoms. The minimum absolute atomic E-state index is 0.0483. The molecule has 3 rings (SSSR count). The molecule has 1 saturated heterocycles. The number of phenolic OH excluding ortho intramolecular Hbond substituents is 1. The molecule has 0 spiro atoms. The van der Waals surface area contributed by atoms with Gasteiger partial charge >= 0.3 is 0 Å². The normalized spacial score (nSPS) is 16.8. The van der Waals surface area contributed by atoms with E-state index in [0.717, 1.165) is 11.8 Å². The van der Waals surface area contributed by atoms with Crippen LogP contribution in [0.5, 0.6) is 5.75 Å². The fourth-order valence-electron chi connectivity index (χ4n) is 3.12. The molecule has 2 aromatic rings. The molecule has 0 aromatic heterocycles. The summed E-state index contributed by atoms with van der Waals surface area (Å²) in [5.74, 6) is 1.72. The predicted molar refractivity (Wildman–Crippen MR) is 91.5 cm³/mol. The number of nitrogens with one attached hydrogen (secondary N) is 1. The van der Waals surface area contributed by atoms with Crippen LogP contribution in [0.2, 0.25) is 0 Å². The molecule has 122 valence electrons. The van der Waals surface area contributed by atoms with Crippen molar-refractivity contribution in [2.75, 3.05) is 13.1 Å². The van der Waals surface area contributed by atoms with Crippen molar-refractivity contribution in [3.05, 3.63) is 42.0 Å². The van der Waals surface area contributed by atoms with Crippen LogP contribution in [0.1, 0.15) is 23.2 Å².